The lowest BCUT2D eigenvalue weighted by Crippen LogP contribution is -2.42. The van der Waals surface area contributed by atoms with Gasteiger partial charge in [-0.05, 0) is 32.9 Å². The zero-order valence-electron chi connectivity index (χ0n) is 17.2. The molecule has 31 heavy (non-hydrogen) atoms. The number of aryl methyl sites for hydroxylation is 1. The van der Waals surface area contributed by atoms with Crippen molar-refractivity contribution in [2.75, 3.05) is 13.2 Å². The second-order valence-corrected chi connectivity index (χ2v) is 6.84. The summed E-state index contributed by atoms with van der Waals surface area (Å²) in [7, 11) is 0. The first-order valence-electron chi connectivity index (χ1n) is 9.51. The predicted molar refractivity (Wildman–Crippen MR) is 105 cm³/mol. The fourth-order valence-corrected chi connectivity index (χ4v) is 2.97. The Morgan fingerprint density at radius 1 is 1.19 bits per heavy atom. The van der Waals surface area contributed by atoms with E-state index in [-0.39, 0.29) is 18.5 Å². The van der Waals surface area contributed by atoms with Gasteiger partial charge in [0.05, 0.1) is 35.2 Å². The molecule has 164 valence electrons. The summed E-state index contributed by atoms with van der Waals surface area (Å²) in [5.74, 6) is -0.247. The molecular weight excluding hydrogens is 413 g/mol. The molecule has 0 aliphatic rings. The summed E-state index contributed by atoms with van der Waals surface area (Å²) in [5.41, 5.74) is 0.906. The van der Waals surface area contributed by atoms with E-state index in [0.717, 1.165) is 5.56 Å². The summed E-state index contributed by atoms with van der Waals surface area (Å²) in [4.78, 5) is 23.4. The lowest BCUT2D eigenvalue weighted by Gasteiger charge is -2.28. The quantitative estimate of drug-likeness (QED) is 0.567. The number of hydrogen-bond acceptors (Lipinski definition) is 6. The van der Waals surface area contributed by atoms with Gasteiger partial charge in [-0.1, -0.05) is 11.6 Å². The van der Waals surface area contributed by atoms with Crippen molar-refractivity contribution < 1.29 is 22.7 Å². The van der Waals surface area contributed by atoms with E-state index < -0.39 is 17.8 Å². The SMILES string of the molecule is CCN(C(=O)c1cc(C)ccc1-n1nccn1)C(C)COc1ncc(C(F)(F)F)cn1. The zero-order valence-corrected chi connectivity index (χ0v) is 17.2. The zero-order chi connectivity index (χ0) is 22.6. The number of alkyl halides is 3. The van der Waals surface area contributed by atoms with Gasteiger partial charge in [0, 0.05) is 18.9 Å². The van der Waals surface area contributed by atoms with Gasteiger partial charge in [0.15, 0.2) is 0 Å². The minimum atomic E-state index is -4.52. The number of ether oxygens (including phenoxy) is 1. The molecule has 0 bridgehead atoms. The van der Waals surface area contributed by atoms with Gasteiger partial charge in [-0.3, -0.25) is 4.79 Å². The number of carbonyl (C=O) groups excluding carboxylic acids is 1. The third-order valence-electron chi connectivity index (χ3n) is 4.56. The van der Waals surface area contributed by atoms with Gasteiger partial charge in [-0.15, -0.1) is 0 Å². The Balaban J connectivity index is 1.74. The topological polar surface area (TPSA) is 86.0 Å². The number of halogens is 3. The van der Waals surface area contributed by atoms with Crippen LogP contribution in [0.4, 0.5) is 13.2 Å². The maximum atomic E-state index is 13.3. The van der Waals surface area contributed by atoms with Gasteiger partial charge >= 0.3 is 12.2 Å². The molecule has 2 aromatic heterocycles. The highest BCUT2D eigenvalue weighted by molar-refractivity contribution is 5.98. The van der Waals surface area contributed by atoms with Crippen LogP contribution < -0.4 is 4.74 Å². The molecule has 0 saturated heterocycles. The standard InChI is InChI=1S/C20H21F3N6O2/c1-4-28(14(3)12-31-19-24-10-15(11-25-19)20(21,22)23)18(30)16-9-13(2)5-6-17(16)29-26-7-8-27-29/h5-11,14H,4,12H2,1-3H3. The maximum Gasteiger partial charge on any atom is 0.419 e. The molecule has 1 unspecified atom stereocenters. The van der Waals surface area contributed by atoms with Gasteiger partial charge in [0.25, 0.3) is 5.91 Å². The Kier molecular flexibility index (Phi) is 6.52. The van der Waals surface area contributed by atoms with Crippen LogP contribution in [0.15, 0.2) is 43.0 Å². The van der Waals surface area contributed by atoms with Crippen molar-refractivity contribution in [3.63, 3.8) is 0 Å². The summed E-state index contributed by atoms with van der Waals surface area (Å²) in [6.07, 6.45) is -0.164. The molecule has 1 aromatic carbocycles. The summed E-state index contributed by atoms with van der Waals surface area (Å²) in [6.45, 7) is 5.86. The van der Waals surface area contributed by atoms with E-state index in [4.69, 9.17) is 4.74 Å². The summed E-state index contributed by atoms with van der Waals surface area (Å²) < 4.78 is 43.3. The van der Waals surface area contributed by atoms with Gasteiger partial charge in [0.2, 0.25) is 0 Å². The van der Waals surface area contributed by atoms with Crippen molar-refractivity contribution in [1.29, 1.82) is 0 Å². The number of benzene rings is 1. The molecule has 0 aliphatic carbocycles. The number of amides is 1. The van der Waals surface area contributed by atoms with Crippen LogP contribution in [0.3, 0.4) is 0 Å². The first-order chi connectivity index (χ1) is 14.7. The molecule has 1 atom stereocenters. The largest absolute Gasteiger partial charge is 0.461 e. The predicted octanol–water partition coefficient (Wildman–Crippen LogP) is 3.31. The monoisotopic (exact) mass is 434 g/mol. The van der Waals surface area contributed by atoms with Crippen LogP contribution in [0.1, 0.15) is 35.3 Å². The Hall–Kier alpha value is -3.50. The third-order valence-corrected chi connectivity index (χ3v) is 4.56. The lowest BCUT2D eigenvalue weighted by molar-refractivity contribution is -0.138. The van der Waals surface area contributed by atoms with Crippen molar-refractivity contribution in [1.82, 2.24) is 29.9 Å². The summed E-state index contributed by atoms with van der Waals surface area (Å²) >= 11 is 0. The second-order valence-electron chi connectivity index (χ2n) is 6.84. The van der Waals surface area contributed by atoms with E-state index in [0.29, 0.717) is 30.2 Å². The fraction of sp³-hybridized carbons (Fsp3) is 0.350. The average Bonchev–Trinajstić information content (AvgIpc) is 3.27. The highest BCUT2D eigenvalue weighted by Crippen LogP contribution is 2.28. The van der Waals surface area contributed by atoms with Crippen molar-refractivity contribution in [3.8, 4) is 11.7 Å². The minimum Gasteiger partial charge on any atom is -0.461 e. The highest BCUT2D eigenvalue weighted by Gasteiger charge is 2.31. The molecule has 3 aromatic rings. The molecule has 0 fully saturated rings. The third kappa shape index (κ3) is 5.16. The number of aromatic nitrogens is 5. The van der Waals surface area contributed by atoms with E-state index in [2.05, 4.69) is 20.2 Å². The van der Waals surface area contributed by atoms with Gasteiger partial charge in [-0.2, -0.15) is 28.2 Å². The van der Waals surface area contributed by atoms with E-state index >= 15 is 0 Å². The highest BCUT2D eigenvalue weighted by atomic mass is 19.4. The number of carbonyl (C=O) groups is 1. The lowest BCUT2D eigenvalue weighted by atomic mass is 10.1. The average molecular weight is 434 g/mol. The summed E-state index contributed by atoms with van der Waals surface area (Å²) in [5, 5.41) is 8.21. The Bertz CT molecular complexity index is 1020. The van der Waals surface area contributed by atoms with Crippen LogP contribution >= 0.6 is 0 Å². The number of rotatable bonds is 7. The molecule has 0 spiro atoms. The Morgan fingerprint density at radius 2 is 1.84 bits per heavy atom. The normalized spacial score (nSPS) is 12.5. The Morgan fingerprint density at radius 3 is 2.42 bits per heavy atom. The second kappa shape index (κ2) is 9.11. The first-order valence-corrected chi connectivity index (χ1v) is 9.51. The molecule has 3 rings (SSSR count). The van der Waals surface area contributed by atoms with Gasteiger partial charge in [0.1, 0.15) is 6.61 Å². The van der Waals surface area contributed by atoms with Crippen LogP contribution in [0, 0.1) is 6.92 Å². The van der Waals surface area contributed by atoms with Crippen LogP contribution in [0.25, 0.3) is 5.69 Å². The smallest absolute Gasteiger partial charge is 0.419 e. The summed E-state index contributed by atoms with van der Waals surface area (Å²) in [6, 6.07) is 4.80. The van der Waals surface area contributed by atoms with Crippen molar-refractivity contribution >= 4 is 5.91 Å². The van der Waals surface area contributed by atoms with Crippen LogP contribution in [-0.4, -0.2) is 55.0 Å². The van der Waals surface area contributed by atoms with Crippen molar-refractivity contribution in [3.05, 3.63) is 59.7 Å². The van der Waals surface area contributed by atoms with Crippen molar-refractivity contribution in [2.24, 2.45) is 0 Å². The van der Waals surface area contributed by atoms with E-state index in [1.54, 1.807) is 24.0 Å². The van der Waals surface area contributed by atoms with Gasteiger partial charge < -0.3 is 9.64 Å². The van der Waals surface area contributed by atoms with Crippen LogP contribution in [-0.2, 0) is 6.18 Å². The van der Waals surface area contributed by atoms with Crippen molar-refractivity contribution in [2.45, 2.75) is 33.0 Å². The molecule has 0 saturated carbocycles. The minimum absolute atomic E-state index is 0.00606. The van der Waals surface area contributed by atoms with E-state index in [1.807, 2.05) is 19.9 Å². The molecule has 1 amide bonds. The fourth-order valence-electron chi connectivity index (χ4n) is 2.97. The number of nitrogens with zero attached hydrogens (tertiary/aromatic N) is 6. The first kappa shape index (κ1) is 22.2. The Labute approximate surface area is 176 Å². The molecule has 0 radical (unpaired) electrons. The number of likely N-dealkylation sites (N-methyl/N-ethyl adjacent to an activating group) is 1. The molecule has 0 N–H and O–H groups in total. The molecule has 2 heterocycles. The molecule has 8 nitrogen and oxygen atoms in total. The van der Waals surface area contributed by atoms with E-state index in [9.17, 15) is 18.0 Å². The molecule has 0 aliphatic heterocycles. The maximum absolute atomic E-state index is 13.3. The van der Waals surface area contributed by atoms with Crippen LogP contribution in [0.5, 0.6) is 6.01 Å². The van der Waals surface area contributed by atoms with Crippen LogP contribution in [0.2, 0.25) is 0 Å². The number of hydrogen-bond donors (Lipinski definition) is 0. The van der Waals surface area contributed by atoms with E-state index in [1.165, 1.54) is 17.2 Å². The van der Waals surface area contributed by atoms with Gasteiger partial charge in [-0.25, -0.2) is 9.97 Å². The molecular formula is C20H21F3N6O2. The molecule has 11 heteroatoms.